The summed E-state index contributed by atoms with van der Waals surface area (Å²) in [4.78, 5) is 8.42. The van der Waals surface area contributed by atoms with Crippen LogP contribution in [0.1, 0.15) is 24.5 Å². The molecule has 0 saturated heterocycles. The lowest BCUT2D eigenvalue weighted by molar-refractivity contribution is 0.151. The number of hydrogen-bond acceptors (Lipinski definition) is 5. The summed E-state index contributed by atoms with van der Waals surface area (Å²) in [6.45, 7) is 2.99. The second-order valence-electron chi connectivity index (χ2n) is 3.36. The fourth-order valence-electron chi connectivity index (χ4n) is 1.49. The Morgan fingerprint density at radius 3 is 3.12 bits per heavy atom. The van der Waals surface area contributed by atoms with E-state index in [1.807, 2.05) is 10.8 Å². The maximum absolute atomic E-state index is 5.01. The van der Waals surface area contributed by atoms with Crippen molar-refractivity contribution in [2.45, 2.75) is 26.5 Å². The molecule has 0 bridgehead atoms. The zero-order chi connectivity index (χ0) is 11.4. The predicted octanol–water partition coefficient (Wildman–Crippen LogP) is 1.02. The van der Waals surface area contributed by atoms with Gasteiger partial charge in [0.05, 0.1) is 6.54 Å². The van der Waals surface area contributed by atoms with Gasteiger partial charge in [0, 0.05) is 25.9 Å². The molecule has 6 nitrogen and oxygen atoms in total. The van der Waals surface area contributed by atoms with Crippen LogP contribution in [0.15, 0.2) is 16.9 Å². The van der Waals surface area contributed by atoms with Crippen LogP contribution in [0.25, 0.3) is 0 Å². The van der Waals surface area contributed by atoms with Crippen LogP contribution < -0.4 is 0 Å². The molecule has 2 heterocycles. The molecule has 0 aromatic carbocycles. The first-order chi connectivity index (χ1) is 7.83. The summed E-state index contributed by atoms with van der Waals surface area (Å²) in [5.41, 5.74) is 0. The summed E-state index contributed by atoms with van der Waals surface area (Å²) in [6.07, 6.45) is 4.57. The van der Waals surface area contributed by atoms with Crippen molar-refractivity contribution >= 4 is 0 Å². The number of imidazole rings is 1. The van der Waals surface area contributed by atoms with Gasteiger partial charge in [0.1, 0.15) is 12.4 Å². The minimum atomic E-state index is 0.345. The van der Waals surface area contributed by atoms with Gasteiger partial charge in [-0.15, -0.1) is 0 Å². The first kappa shape index (κ1) is 10.8. The highest BCUT2D eigenvalue weighted by molar-refractivity contribution is 4.96. The number of methoxy groups -OCH3 is 1. The third-order valence-electron chi connectivity index (χ3n) is 2.21. The van der Waals surface area contributed by atoms with Crippen molar-refractivity contribution in [1.82, 2.24) is 19.7 Å². The number of nitrogens with zero attached hydrogens (tertiary/aromatic N) is 4. The second-order valence-corrected chi connectivity index (χ2v) is 3.36. The zero-order valence-corrected chi connectivity index (χ0v) is 9.38. The number of hydrogen-bond donors (Lipinski definition) is 0. The quantitative estimate of drug-likeness (QED) is 0.755. The van der Waals surface area contributed by atoms with Gasteiger partial charge in [-0.05, 0) is 0 Å². The van der Waals surface area contributed by atoms with Crippen molar-refractivity contribution in [3.05, 3.63) is 29.9 Å². The molecule has 2 aromatic heterocycles. The summed E-state index contributed by atoms with van der Waals surface area (Å²) in [5.74, 6) is 2.15. The van der Waals surface area contributed by atoms with E-state index < -0.39 is 0 Å². The van der Waals surface area contributed by atoms with Crippen molar-refractivity contribution in [2.24, 2.45) is 0 Å². The molecule has 0 unspecified atom stereocenters. The molecular weight excluding hydrogens is 208 g/mol. The molecule has 0 aliphatic heterocycles. The third-order valence-corrected chi connectivity index (χ3v) is 2.21. The van der Waals surface area contributed by atoms with Gasteiger partial charge in [0.2, 0.25) is 0 Å². The van der Waals surface area contributed by atoms with Crippen molar-refractivity contribution in [1.29, 1.82) is 0 Å². The molecule has 0 N–H and O–H groups in total. The number of aromatic nitrogens is 4. The van der Waals surface area contributed by atoms with Crippen LogP contribution in [-0.4, -0.2) is 26.8 Å². The van der Waals surface area contributed by atoms with Crippen molar-refractivity contribution in [3.63, 3.8) is 0 Å². The van der Waals surface area contributed by atoms with Gasteiger partial charge in [0.15, 0.2) is 5.82 Å². The van der Waals surface area contributed by atoms with Crippen LogP contribution in [0.4, 0.5) is 0 Å². The van der Waals surface area contributed by atoms with Gasteiger partial charge in [-0.25, -0.2) is 4.98 Å². The van der Waals surface area contributed by atoms with Gasteiger partial charge in [-0.1, -0.05) is 12.1 Å². The van der Waals surface area contributed by atoms with Crippen LogP contribution >= 0.6 is 0 Å². The van der Waals surface area contributed by atoms with E-state index in [1.54, 1.807) is 13.3 Å². The van der Waals surface area contributed by atoms with Gasteiger partial charge in [0.25, 0.3) is 5.89 Å². The van der Waals surface area contributed by atoms with E-state index in [9.17, 15) is 0 Å². The van der Waals surface area contributed by atoms with E-state index in [0.29, 0.717) is 24.9 Å². The van der Waals surface area contributed by atoms with Crippen molar-refractivity contribution < 1.29 is 9.26 Å². The van der Waals surface area contributed by atoms with Gasteiger partial charge < -0.3 is 13.8 Å². The Morgan fingerprint density at radius 2 is 2.38 bits per heavy atom. The van der Waals surface area contributed by atoms with Crippen LogP contribution in [-0.2, 0) is 24.3 Å². The molecule has 0 atom stereocenters. The SMILES string of the molecule is CCc1nccn1Cc1noc(COC)n1. The molecule has 0 radical (unpaired) electrons. The minimum absolute atomic E-state index is 0.345. The molecule has 0 fully saturated rings. The highest BCUT2D eigenvalue weighted by Crippen LogP contribution is 2.04. The number of rotatable bonds is 5. The lowest BCUT2D eigenvalue weighted by atomic mass is 10.4. The van der Waals surface area contributed by atoms with Crippen molar-refractivity contribution in [2.75, 3.05) is 7.11 Å². The number of ether oxygens (including phenoxy) is 1. The van der Waals surface area contributed by atoms with E-state index in [1.165, 1.54) is 0 Å². The molecule has 0 aliphatic rings. The molecule has 16 heavy (non-hydrogen) atoms. The fraction of sp³-hybridized carbons (Fsp3) is 0.500. The first-order valence-corrected chi connectivity index (χ1v) is 5.14. The van der Waals surface area contributed by atoms with Crippen LogP contribution in [0.5, 0.6) is 0 Å². The van der Waals surface area contributed by atoms with Crippen LogP contribution in [0.2, 0.25) is 0 Å². The van der Waals surface area contributed by atoms with Gasteiger partial charge >= 0.3 is 0 Å². The molecule has 2 rings (SSSR count). The molecular formula is C10H14N4O2. The largest absolute Gasteiger partial charge is 0.375 e. The molecule has 86 valence electrons. The van der Waals surface area contributed by atoms with E-state index in [4.69, 9.17) is 9.26 Å². The summed E-state index contributed by atoms with van der Waals surface area (Å²) >= 11 is 0. The smallest absolute Gasteiger partial charge is 0.252 e. The van der Waals surface area contributed by atoms with E-state index >= 15 is 0 Å². The lowest BCUT2D eigenvalue weighted by Crippen LogP contribution is -2.04. The standard InChI is InChI=1S/C10H14N4O2/c1-3-9-11-4-5-14(9)6-8-12-10(7-15-2)16-13-8/h4-5H,3,6-7H2,1-2H3. The maximum Gasteiger partial charge on any atom is 0.252 e. The maximum atomic E-state index is 5.01. The van der Waals surface area contributed by atoms with Gasteiger partial charge in [-0.2, -0.15) is 4.98 Å². The second kappa shape index (κ2) is 4.89. The molecule has 6 heteroatoms. The van der Waals surface area contributed by atoms with E-state index in [-0.39, 0.29) is 0 Å². The Morgan fingerprint density at radius 1 is 1.50 bits per heavy atom. The molecule has 0 aliphatic carbocycles. The monoisotopic (exact) mass is 222 g/mol. The number of aryl methyl sites for hydroxylation is 1. The first-order valence-electron chi connectivity index (χ1n) is 5.14. The highest BCUT2D eigenvalue weighted by atomic mass is 16.5. The summed E-state index contributed by atoms with van der Waals surface area (Å²) < 4.78 is 11.9. The normalized spacial score (nSPS) is 10.9. The summed E-state index contributed by atoms with van der Waals surface area (Å²) in [7, 11) is 1.59. The van der Waals surface area contributed by atoms with Crippen LogP contribution in [0.3, 0.4) is 0 Å². The topological polar surface area (TPSA) is 66.0 Å². The predicted molar refractivity (Wildman–Crippen MR) is 55.7 cm³/mol. The third kappa shape index (κ3) is 2.27. The molecule has 0 amide bonds. The summed E-state index contributed by atoms with van der Waals surface area (Å²) in [5, 5.41) is 3.87. The average Bonchev–Trinajstić information content (AvgIpc) is 2.89. The van der Waals surface area contributed by atoms with Gasteiger partial charge in [-0.3, -0.25) is 0 Å². The van der Waals surface area contributed by atoms with E-state index in [2.05, 4.69) is 22.0 Å². The van der Waals surface area contributed by atoms with Crippen LogP contribution in [0, 0.1) is 0 Å². The molecule has 0 saturated carbocycles. The molecule has 2 aromatic rings. The fourth-order valence-corrected chi connectivity index (χ4v) is 1.49. The lowest BCUT2D eigenvalue weighted by Gasteiger charge is -2.01. The Kier molecular flexibility index (Phi) is 3.31. The minimum Gasteiger partial charge on any atom is -0.375 e. The Hall–Kier alpha value is -1.69. The highest BCUT2D eigenvalue weighted by Gasteiger charge is 2.08. The molecule has 0 spiro atoms. The Labute approximate surface area is 93.3 Å². The summed E-state index contributed by atoms with van der Waals surface area (Å²) in [6, 6.07) is 0. The zero-order valence-electron chi connectivity index (χ0n) is 9.38. The van der Waals surface area contributed by atoms with E-state index in [0.717, 1.165) is 12.2 Å². The average molecular weight is 222 g/mol. The Bertz CT molecular complexity index is 449. The van der Waals surface area contributed by atoms with Crippen molar-refractivity contribution in [3.8, 4) is 0 Å². The Balaban J connectivity index is 2.08.